The molecular weight excluding hydrogens is 516 g/mol. The van der Waals surface area contributed by atoms with Crippen molar-refractivity contribution in [3.05, 3.63) is 63.6 Å². The van der Waals surface area contributed by atoms with Gasteiger partial charge in [-0.1, -0.05) is 11.6 Å². The number of H-pyrrole nitrogens is 1. The highest BCUT2D eigenvalue weighted by Gasteiger charge is 2.34. The molecule has 12 heteroatoms. The molecule has 5 rings (SSSR count). The van der Waals surface area contributed by atoms with E-state index in [2.05, 4.69) is 15.6 Å². The van der Waals surface area contributed by atoms with E-state index in [1.807, 2.05) is 0 Å². The predicted octanol–water partition coefficient (Wildman–Crippen LogP) is 5.13. The number of halogens is 5. The number of urea groups is 1. The third-order valence-corrected chi connectivity index (χ3v) is 7.01. The number of fused-ring (bicyclic) bond motifs is 3. The van der Waals surface area contributed by atoms with Gasteiger partial charge in [0.15, 0.2) is 0 Å². The molecule has 1 fully saturated rings. The monoisotopic (exact) mass is 538 g/mol. The summed E-state index contributed by atoms with van der Waals surface area (Å²) in [6, 6.07) is 4.80. The number of morpholine rings is 1. The Balaban J connectivity index is 1.36. The first kappa shape index (κ1) is 25.3. The fourth-order valence-electron chi connectivity index (χ4n) is 4.91. The van der Waals surface area contributed by atoms with Crippen LogP contribution in [0.4, 0.5) is 28.0 Å². The second-order valence-electron chi connectivity index (χ2n) is 9.06. The number of benzene rings is 2. The summed E-state index contributed by atoms with van der Waals surface area (Å²) >= 11 is 5.64. The van der Waals surface area contributed by atoms with Crippen LogP contribution in [-0.4, -0.2) is 54.2 Å². The van der Waals surface area contributed by atoms with Gasteiger partial charge in [-0.15, -0.1) is 0 Å². The number of anilines is 1. The number of nitrogens with zero attached hydrogens (tertiary/aromatic N) is 1. The minimum absolute atomic E-state index is 0.0571. The summed E-state index contributed by atoms with van der Waals surface area (Å²) in [6.45, 7) is 1.74. The van der Waals surface area contributed by atoms with Crippen LogP contribution in [-0.2, 0) is 23.8 Å². The largest absolute Gasteiger partial charge is 0.417 e. The molecule has 2 aromatic carbocycles. The van der Waals surface area contributed by atoms with Crippen molar-refractivity contribution >= 4 is 40.1 Å². The summed E-state index contributed by atoms with van der Waals surface area (Å²) in [5.74, 6) is -0.695. The number of nitrogens with one attached hydrogen (secondary N) is 3. The Labute approximate surface area is 214 Å². The Bertz CT molecular complexity index is 1370. The molecule has 1 saturated heterocycles. The number of amides is 3. The molecule has 1 unspecified atom stereocenters. The number of aromatic amines is 1. The van der Waals surface area contributed by atoms with Crippen molar-refractivity contribution in [2.24, 2.45) is 0 Å². The van der Waals surface area contributed by atoms with Crippen LogP contribution < -0.4 is 10.6 Å². The molecule has 0 radical (unpaired) electrons. The number of rotatable bonds is 3. The lowest BCUT2D eigenvalue weighted by Crippen LogP contribution is -2.41. The van der Waals surface area contributed by atoms with Gasteiger partial charge in [-0.05, 0) is 55.2 Å². The second kappa shape index (κ2) is 9.86. The summed E-state index contributed by atoms with van der Waals surface area (Å²) in [5.41, 5.74) is 1.05. The van der Waals surface area contributed by atoms with E-state index in [4.69, 9.17) is 16.3 Å². The van der Waals surface area contributed by atoms with Gasteiger partial charge in [0, 0.05) is 41.5 Å². The molecule has 3 aromatic rings. The van der Waals surface area contributed by atoms with E-state index in [0.717, 1.165) is 23.4 Å². The van der Waals surface area contributed by atoms with Crippen LogP contribution >= 0.6 is 11.6 Å². The third kappa shape index (κ3) is 5.10. The number of aryl methyl sites for hydroxylation is 1. The molecule has 2 heterocycles. The van der Waals surface area contributed by atoms with Crippen LogP contribution in [0, 0.1) is 5.82 Å². The predicted molar refractivity (Wildman–Crippen MR) is 129 cm³/mol. The standard InChI is InChI=1S/C25H23ClF4N4O3/c26-18-4-1-14(12-17(18)25(28,29)30)32-24(36)31-13-2-6-20-16(11-13)21-15(3-5-19(27)22(21)33-20)23(35)34-7-9-37-10-8-34/h1,3-5,12-13,33H,2,6-11H2,(H2,31,32,36). The van der Waals surface area contributed by atoms with Gasteiger partial charge >= 0.3 is 12.2 Å². The van der Waals surface area contributed by atoms with Crippen molar-refractivity contribution in [1.29, 1.82) is 0 Å². The fraction of sp³-hybridized carbons (Fsp3) is 0.360. The van der Waals surface area contributed by atoms with Gasteiger partial charge in [0.2, 0.25) is 0 Å². The van der Waals surface area contributed by atoms with Crippen LogP contribution in [0.25, 0.3) is 10.9 Å². The minimum Gasteiger partial charge on any atom is -0.378 e. The van der Waals surface area contributed by atoms with Crippen LogP contribution in [0.3, 0.4) is 0 Å². The van der Waals surface area contributed by atoms with E-state index in [1.54, 1.807) is 4.90 Å². The lowest BCUT2D eigenvalue weighted by atomic mass is 9.90. The summed E-state index contributed by atoms with van der Waals surface area (Å²) in [6.07, 6.45) is -3.31. The third-order valence-electron chi connectivity index (χ3n) is 6.68. The van der Waals surface area contributed by atoms with Crippen molar-refractivity contribution in [1.82, 2.24) is 15.2 Å². The van der Waals surface area contributed by atoms with Crippen LogP contribution in [0.2, 0.25) is 5.02 Å². The van der Waals surface area contributed by atoms with E-state index in [9.17, 15) is 27.2 Å². The maximum Gasteiger partial charge on any atom is 0.417 e. The number of ether oxygens (including phenoxy) is 1. The maximum absolute atomic E-state index is 14.7. The fourth-order valence-corrected chi connectivity index (χ4v) is 5.13. The number of carbonyl (C=O) groups excluding carboxylic acids is 2. The number of hydrogen-bond acceptors (Lipinski definition) is 3. The summed E-state index contributed by atoms with van der Waals surface area (Å²) in [7, 11) is 0. The van der Waals surface area contributed by atoms with Crippen LogP contribution in [0.5, 0.6) is 0 Å². The SMILES string of the molecule is O=C(Nc1ccc(Cl)c(C(F)(F)F)c1)NC1CCc2[nH]c3c(F)ccc(C(=O)N4CCOCC4)c3c2C1. The molecule has 196 valence electrons. The first-order chi connectivity index (χ1) is 17.6. The normalized spacial score (nSPS) is 18.0. The molecule has 1 aliphatic carbocycles. The highest BCUT2D eigenvalue weighted by atomic mass is 35.5. The second-order valence-corrected chi connectivity index (χ2v) is 9.47. The number of hydrogen-bond donors (Lipinski definition) is 3. The molecule has 1 atom stereocenters. The lowest BCUT2D eigenvalue weighted by molar-refractivity contribution is -0.137. The van der Waals surface area contributed by atoms with Crippen molar-refractivity contribution in [2.45, 2.75) is 31.5 Å². The van der Waals surface area contributed by atoms with Crippen LogP contribution in [0.15, 0.2) is 30.3 Å². The van der Waals surface area contributed by atoms with Gasteiger partial charge in [0.25, 0.3) is 5.91 Å². The average molecular weight is 539 g/mol. The molecule has 3 amide bonds. The quantitative estimate of drug-likeness (QED) is 0.404. The highest BCUT2D eigenvalue weighted by molar-refractivity contribution is 6.31. The molecular formula is C25H23ClF4N4O3. The van der Waals surface area contributed by atoms with E-state index >= 15 is 0 Å². The summed E-state index contributed by atoms with van der Waals surface area (Å²) in [4.78, 5) is 30.6. The molecule has 3 N–H and O–H groups in total. The van der Waals surface area contributed by atoms with Gasteiger partial charge in [0.05, 0.1) is 29.3 Å². The van der Waals surface area contributed by atoms with Gasteiger partial charge < -0.3 is 25.3 Å². The molecule has 0 saturated carbocycles. The molecule has 0 bridgehead atoms. The van der Waals surface area contributed by atoms with Crippen molar-refractivity contribution in [2.75, 3.05) is 31.6 Å². The van der Waals surface area contributed by atoms with Gasteiger partial charge in [-0.3, -0.25) is 4.79 Å². The van der Waals surface area contributed by atoms with E-state index in [1.165, 1.54) is 18.2 Å². The van der Waals surface area contributed by atoms with Gasteiger partial charge in [-0.2, -0.15) is 13.2 Å². The zero-order chi connectivity index (χ0) is 26.3. The minimum atomic E-state index is -4.66. The average Bonchev–Trinajstić information content (AvgIpc) is 3.25. The van der Waals surface area contributed by atoms with Crippen LogP contribution in [0.1, 0.15) is 33.6 Å². The number of alkyl halides is 3. The lowest BCUT2D eigenvalue weighted by Gasteiger charge is -2.28. The number of carbonyl (C=O) groups is 2. The Kier molecular flexibility index (Phi) is 6.76. The Morgan fingerprint density at radius 3 is 2.62 bits per heavy atom. The van der Waals surface area contributed by atoms with Crippen molar-refractivity contribution in [3.63, 3.8) is 0 Å². The van der Waals surface area contributed by atoms with E-state index < -0.39 is 28.6 Å². The van der Waals surface area contributed by atoms with Gasteiger partial charge in [-0.25, -0.2) is 9.18 Å². The molecule has 0 spiro atoms. The first-order valence-electron chi connectivity index (χ1n) is 11.7. The zero-order valence-corrected chi connectivity index (χ0v) is 20.2. The maximum atomic E-state index is 14.7. The topological polar surface area (TPSA) is 86.5 Å². The molecule has 1 aromatic heterocycles. The molecule has 7 nitrogen and oxygen atoms in total. The smallest absolute Gasteiger partial charge is 0.378 e. The Morgan fingerprint density at radius 2 is 1.89 bits per heavy atom. The number of aromatic nitrogens is 1. The Hall–Kier alpha value is -3.31. The first-order valence-corrected chi connectivity index (χ1v) is 12.1. The van der Waals surface area contributed by atoms with Crippen molar-refractivity contribution in [3.8, 4) is 0 Å². The summed E-state index contributed by atoms with van der Waals surface area (Å²) < 4.78 is 59.4. The molecule has 1 aliphatic heterocycles. The summed E-state index contributed by atoms with van der Waals surface area (Å²) in [5, 5.41) is 5.22. The van der Waals surface area contributed by atoms with E-state index in [0.29, 0.717) is 56.5 Å². The zero-order valence-electron chi connectivity index (χ0n) is 19.5. The highest BCUT2D eigenvalue weighted by Crippen LogP contribution is 2.36. The molecule has 37 heavy (non-hydrogen) atoms. The Morgan fingerprint density at radius 1 is 1.14 bits per heavy atom. The molecule has 2 aliphatic rings. The van der Waals surface area contributed by atoms with Gasteiger partial charge in [0.1, 0.15) is 5.82 Å². The van der Waals surface area contributed by atoms with E-state index in [-0.39, 0.29) is 23.2 Å². The van der Waals surface area contributed by atoms with Crippen molar-refractivity contribution < 1.29 is 31.9 Å².